The number of aromatic nitrogens is 4. The van der Waals surface area contributed by atoms with Gasteiger partial charge in [-0.1, -0.05) is 25.1 Å². The third kappa shape index (κ3) is 3.44. The molecule has 0 saturated carbocycles. The van der Waals surface area contributed by atoms with Crippen molar-refractivity contribution in [2.45, 2.75) is 39.7 Å². The van der Waals surface area contributed by atoms with Crippen molar-refractivity contribution in [2.75, 3.05) is 13.1 Å². The molecule has 1 aliphatic rings. The van der Waals surface area contributed by atoms with Gasteiger partial charge in [-0.25, -0.2) is 9.67 Å². The van der Waals surface area contributed by atoms with E-state index in [9.17, 15) is 9.59 Å². The summed E-state index contributed by atoms with van der Waals surface area (Å²) >= 11 is 0. The van der Waals surface area contributed by atoms with Crippen LogP contribution in [0.1, 0.15) is 32.0 Å². The highest BCUT2D eigenvalue weighted by Crippen LogP contribution is 2.17. The zero-order valence-electron chi connectivity index (χ0n) is 16.3. The van der Waals surface area contributed by atoms with E-state index in [4.69, 9.17) is 0 Å². The standard InChI is InChI=1S/C21H25N5O2/c1-15-7-6-11-24(14-15)19(27)10-12-25-16(2)23-20-18(21(25)28)13-22-26(20)17-8-4-3-5-9-17/h3-5,8-9,13,15H,6-7,10-12,14H2,1-2H3. The summed E-state index contributed by atoms with van der Waals surface area (Å²) in [6, 6.07) is 9.62. The molecule has 1 aromatic carbocycles. The van der Waals surface area contributed by atoms with Gasteiger partial charge in [0.2, 0.25) is 5.91 Å². The third-order valence-electron chi connectivity index (χ3n) is 5.44. The van der Waals surface area contributed by atoms with E-state index in [1.165, 1.54) is 6.42 Å². The Morgan fingerprint density at radius 3 is 2.79 bits per heavy atom. The number of fused-ring (bicyclic) bond motifs is 1. The maximum Gasteiger partial charge on any atom is 0.264 e. The summed E-state index contributed by atoms with van der Waals surface area (Å²) in [5, 5.41) is 4.82. The molecule has 0 aliphatic carbocycles. The molecule has 1 amide bonds. The van der Waals surface area contributed by atoms with Crippen molar-refractivity contribution >= 4 is 16.9 Å². The number of amides is 1. The largest absolute Gasteiger partial charge is 0.342 e. The van der Waals surface area contributed by atoms with Gasteiger partial charge in [-0.3, -0.25) is 14.2 Å². The zero-order chi connectivity index (χ0) is 19.7. The minimum absolute atomic E-state index is 0.109. The summed E-state index contributed by atoms with van der Waals surface area (Å²) in [6.07, 6.45) is 4.10. The first kappa shape index (κ1) is 18.4. The second-order valence-electron chi connectivity index (χ2n) is 7.58. The number of likely N-dealkylation sites (tertiary alicyclic amines) is 1. The Balaban J connectivity index is 1.58. The number of para-hydroxylation sites is 1. The van der Waals surface area contributed by atoms with Crippen LogP contribution in [0.4, 0.5) is 0 Å². The molecule has 146 valence electrons. The lowest BCUT2D eigenvalue weighted by atomic mass is 10.00. The van der Waals surface area contributed by atoms with Crippen LogP contribution in [0, 0.1) is 12.8 Å². The Labute approximate surface area is 163 Å². The molecule has 0 bridgehead atoms. The highest BCUT2D eigenvalue weighted by atomic mass is 16.2. The number of carbonyl (C=O) groups excluding carboxylic acids is 1. The fourth-order valence-corrected chi connectivity index (χ4v) is 3.91. The molecule has 1 atom stereocenters. The molecule has 1 saturated heterocycles. The van der Waals surface area contributed by atoms with Gasteiger partial charge in [0, 0.05) is 26.1 Å². The highest BCUT2D eigenvalue weighted by molar-refractivity contribution is 5.77. The highest BCUT2D eigenvalue weighted by Gasteiger charge is 2.21. The number of carbonyl (C=O) groups is 1. The lowest BCUT2D eigenvalue weighted by molar-refractivity contribution is -0.133. The molecule has 0 spiro atoms. The summed E-state index contributed by atoms with van der Waals surface area (Å²) in [5.74, 6) is 1.25. The topological polar surface area (TPSA) is 73.0 Å². The molecule has 2 aromatic heterocycles. The Morgan fingerprint density at radius 2 is 2.04 bits per heavy atom. The third-order valence-corrected chi connectivity index (χ3v) is 5.44. The van der Waals surface area contributed by atoms with Crippen molar-refractivity contribution in [1.29, 1.82) is 0 Å². The summed E-state index contributed by atoms with van der Waals surface area (Å²) < 4.78 is 3.26. The van der Waals surface area contributed by atoms with Crippen molar-refractivity contribution < 1.29 is 4.79 Å². The van der Waals surface area contributed by atoms with Gasteiger partial charge in [0.05, 0.1) is 11.9 Å². The molecule has 0 N–H and O–H groups in total. The van der Waals surface area contributed by atoms with E-state index in [0.29, 0.717) is 35.7 Å². The van der Waals surface area contributed by atoms with Crippen molar-refractivity contribution in [2.24, 2.45) is 5.92 Å². The Morgan fingerprint density at radius 1 is 1.25 bits per heavy atom. The minimum Gasteiger partial charge on any atom is -0.342 e. The molecular formula is C21H25N5O2. The smallest absolute Gasteiger partial charge is 0.264 e. The number of hydrogen-bond acceptors (Lipinski definition) is 4. The van der Waals surface area contributed by atoms with E-state index < -0.39 is 0 Å². The molecule has 3 heterocycles. The van der Waals surface area contributed by atoms with Crippen LogP contribution in [0.2, 0.25) is 0 Å². The molecule has 3 aromatic rings. The lowest BCUT2D eigenvalue weighted by Crippen LogP contribution is -2.40. The van der Waals surface area contributed by atoms with Crippen LogP contribution in [-0.4, -0.2) is 43.2 Å². The molecular weight excluding hydrogens is 354 g/mol. The first-order valence-electron chi connectivity index (χ1n) is 9.83. The second kappa shape index (κ2) is 7.58. The predicted molar refractivity (Wildman–Crippen MR) is 107 cm³/mol. The number of rotatable bonds is 4. The van der Waals surface area contributed by atoms with Crippen LogP contribution in [0.3, 0.4) is 0 Å². The number of piperidine rings is 1. The number of benzene rings is 1. The van der Waals surface area contributed by atoms with Crippen LogP contribution >= 0.6 is 0 Å². The average molecular weight is 379 g/mol. The summed E-state index contributed by atoms with van der Waals surface area (Å²) in [6.45, 7) is 5.95. The van der Waals surface area contributed by atoms with Crippen LogP contribution in [0.5, 0.6) is 0 Å². The average Bonchev–Trinajstić information content (AvgIpc) is 3.12. The molecule has 1 unspecified atom stereocenters. The van der Waals surface area contributed by atoms with E-state index in [-0.39, 0.29) is 11.5 Å². The molecule has 1 fully saturated rings. The molecule has 28 heavy (non-hydrogen) atoms. The van der Waals surface area contributed by atoms with Crippen LogP contribution < -0.4 is 5.56 Å². The monoisotopic (exact) mass is 379 g/mol. The zero-order valence-corrected chi connectivity index (χ0v) is 16.3. The van der Waals surface area contributed by atoms with Crippen LogP contribution in [0.25, 0.3) is 16.7 Å². The first-order chi connectivity index (χ1) is 13.5. The van der Waals surface area contributed by atoms with Crippen LogP contribution in [-0.2, 0) is 11.3 Å². The minimum atomic E-state index is -0.149. The molecule has 1 aliphatic heterocycles. The Kier molecular flexibility index (Phi) is 4.98. The quantitative estimate of drug-likeness (QED) is 0.698. The van der Waals surface area contributed by atoms with Crippen molar-refractivity contribution in [3.8, 4) is 5.69 Å². The molecule has 0 radical (unpaired) electrons. The fourth-order valence-electron chi connectivity index (χ4n) is 3.91. The summed E-state index contributed by atoms with van der Waals surface area (Å²) in [7, 11) is 0. The van der Waals surface area contributed by atoms with Crippen molar-refractivity contribution in [1.82, 2.24) is 24.2 Å². The number of hydrogen-bond donors (Lipinski definition) is 0. The van der Waals surface area contributed by atoms with E-state index in [0.717, 1.165) is 25.2 Å². The lowest BCUT2D eigenvalue weighted by Gasteiger charge is -2.31. The fraction of sp³-hybridized carbons (Fsp3) is 0.429. The van der Waals surface area contributed by atoms with Crippen molar-refractivity contribution in [3.05, 3.63) is 52.7 Å². The van der Waals surface area contributed by atoms with Crippen molar-refractivity contribution in [3.63, 3.8) is 0 Å². The SMILES string of the molecule is Cc1nc2c(cnn2-c2ccccc2)c(=O)n1CCC(=O)N1CCCC(C)C1. The maximum atomic E-state index is 13.0. The maximum absolute atomic E-state index is 13.0. The Hall–Kier alpha value is -2.96. The van der Waals surface area contributed by atoms with Gasteiger partial charge in [-0.2, -0.15) is 5.10 Å². The van der Waals surface area contributed by atoms with Gasteiger partial charge >= 0.3 is 0 Å². The summed E-state index contributed by atoms with van der Waals surface area (Å²) in [4.78, 5) is 32.1. The van der Waals surface area contributed by atoms with Gasteiger partial charge in [-0.05, 0) is 37.8 Å². The van der Waals surface area contributed by atoms with Gasteiger partial charge < -0.3 is 4.90 Å². The molecule has 7 heteroatoms. The normalized spacial score (nSPS) is 17.2. The van der Waals surface area contributed by atoms with Crippen LogP contribution in [0.15, 0.2) is 41.3 Å². The molecule has 7 nitrogen and oxygen atoms in total. The molecule has 4 rings (SSSR count). The number of nitrogens with zero attached hydrogens (tertiary/aromatic N) is 5. The first-order valence-corrected chi connectivity index (χ1v) is 9.83. The van der Waals surface area contributed by atoms with E-state index in [1.807, 2.05) is 35.2 Å². The second-order valence-corrected chi connectivity index (χ2v) is 7.58. The van der Waals surface area contributed by atoms with Gasteiger partial charge in [-0.15, -0.1) is 0 Å². The van der Waals surface area contributed by atoms with Gasteiger partial charge in [0.1, 0.15) is 11.2 Å². The number of aryl methyl sites for hydroxylation is 1. The van der Waals surface area contributed by atoms with Gasteiger partial charge in [0.25, 0.3) is 5.56 Å². The van der Waals surface area contributed by atoms with E-state index in [1.54, 1.807) is 22.4 Å². The Bertz CT molecular complexity index is 1050. The van der Waals surface area contributed by atoms with E-state index in [2.05, 4.69) is 17.0 Å². The summed E-state index contributed by atoms with van der Waals surface area (Å²) in [5.41, 5.74) is 1.25. The van der Waals surface area contributed by atoms with E-state index >= 15 is 0 Å². The van der Waals surface area contributed by atoms with Gasteiger partial charge in [0.15, 0.2) is 5.65 Å². The predicted octanol–water partition coefficient (Wildman–Crippen LogP) is 2.54.